The molecule has 3 aromatic carbocycles. The van der Waals surface area contributed by atoms with Gasteiger partial charge < -0.3 is 19.1 Å². The van der Waals surface area contributed by atoms with Crippen LogP contribution in [0, 0.1) is 0 Å². The second-order valence-electron chi connectivity index (χ2n) is 8.70. The number of amides is 1. The number of halogens is 1. The summed E-state index contributed by atoms with van der Waals surface area (Å²) in [5.41, 5.74) is 3.08. The zero-order chi connectivity index (χ0) is 27.5. The van der Waals surface area contributed by atoms with E-state index >= 15 is 0 Å². The van der Waals surface area contributed by atoms with Crippen molar-refractivity contribution in [1.82, 2.24) is 9.88 Å². The second kappa shape index (κ2) is 14.0. The van der Waals surface area contributed by atoms with Crippen LogP contribution in [0.5, 0.6) is 11.5 Å². The van der Waals surface area contributed by atoms with Crippen LogP contribution in [-0.4, -0.2) is 42.0 Å². The van der Waals surface area contributed by atoms with Crippen molar-refractivity contribution in [3.05, 3.63) is 125 Å². The number of nitrogens with zero attached hydrogens (tertiary/aromatic N) is 2. The van der Waals surface area contributed by atoms with Gasteiger partial charge in [-0.05, 0) is 47.5 Å². The summed E-state index contributed by atoms with van der Waals surface area (Å²) in [7, 11) is 1.30. The van der Waals surface area contributed by atoms with Crippen molar-refractivity contribution < 1.29 is 23.8 Å². The summed E-state index contributed by atoms with van der Waals surface area (Å²) in [6, 6.07) is 27.8. The maximum absolute atomic E-state index is 13.6. The van der Waals surface area contributed by atoms with E-state index in [2.05, 4.69) is 4.98 Å². The van der Waals surface area contributed by atoms with Crippen LogP contribution in [0.15, 0.2) is 97.2 Å². The first-order valence-electron chi connectivity index (χ1n) is 12.5. The molecule has 0 spiro atoms. The summed E-state index contributed by atoms with van der Waals surface area (Å²) >= 11 is 6.36. The Morgan fingerprint density at radius 2 is 1.62 bits per heavy atom. The second-order valence-corrected chi connectivity index (χ2v) is 9.10. The molecule has 0 N–H and O–H groups in total. The predicted molar refractivity (Wildman–Crippen MR) is 149 cm³/mol. The maximum Gasteiger partial charge on any atom is 0.343 e. The first-order valence-corrected chi connectivity index (χ1v) is 12.8. The topological polar surface area (TPSA) is 78.0 Å². The van der Waals surface area contributed by atoms with E-state index in [1.165, 1.54) is 7.11 Å². The summed E-state index contributed by atoms with van der Waals surface area (Å²) in [5, 5.41) is 0.386. The van der Waals surface area contributed by atoms with E-state index in [1.54, 1.807) is 47.5 Å². The Bertz CT molecular complexity index is 1380. The van der Waals surface area contributed by atoms with Gasteiger partial charge >= 0.3 is 5.97 Å². The molecule has 0 aliphatic heterocycles. The van der Waals surface area contributed by atoms with Crippen molar-refractivity contribution in [2.24, 2.45) is 0 Å². The van der Waals surface area contributed by atoms with Gasteiger partial charge in [-0.2, -0.15) is 0 Å². The number of hydrogen-bond acceptors (Lipinski definition) is 6. The standard InChI is InChI=1S/C31H29ClN2O5/c1-37-30(35)22-39-29-19-24(14-15-28(29)38-21-23-9-3-2-4-10-23)20-34(18-16-25-11-7-8-17-33-25)31(36)26-12-5-6-13-27(26)32/h2-15,17,19H,16,18,20-22H2,1H3. The average molecular weight is 545 g/mol. The van der Waals surface area contributed by atoms with Crippen LogP contribution < -0.4 is 9.47 Å². The Balaban J connectivity index is 1.58. The van der Waals surface area contributed by atoms with E-state index in [4.69, 9.17) is 25.8 Å². The number of carbonyl (C=O) groups excluding carboxylic acids is 2. The van der Waals surface area contributed by atoms with Gasteiger partial charge in [-0.3, -0.25) is 9.78 Å². The molecule has 0 aliphatic rings. The molecule has 4 aromatic rings. The molecular formula is C31H29ClN2O5. The molecule has 39 heavy (non-hydrogen) atoms. The molecule has 0 aliphatic carbocycles. The molecule has 200 valence electrons. The number of hydrogen-bond donors (Lipinski definition) is 0. The number of benzene rings is 3. The SMILES string of the molecule is COC(=O)COc1cc(CN(CCc2ccccn2)C(=O)c2ccccc2Cl)ccc1OCc1ccccc1. The molecule has 0 atom stereocenters. The first-order chi connectivity index (χ1) is 19.0. The lowest BCUT2D eigenvalue weighted by Crippen LogP contribution is -2.33. The Morgan fingerprint density at radius 1 is 0.846 bits per heavy atom. The number of rotatable bonds is 12. The molecule has 1 aromatic heterocycles. The van der Waals surface area contributed by atoms with Gasteiger partial charge in [0.1, 0.15) is 6.61 Å². The van der Waals surface area contributed by atoms with Crippen LogP contribution in [0.4, 0.5) is 0 Å². The van der Waals surface area contributed by atoms with Crippen LogP contribution in [0.25, 0.3) is 0 Å². The fourth-order valence-corrected chi connectivity index (χ4v) is 4.10. The normalized spacial score (nSPS) is 10.5. The number of ether oxygens (including phenoxy) is 3. The van der Waals surface area contributed by atoms with E-state index in [9.17, 15) is 9.59 Å². The molecule has 8 heteroatoms. The van der Waals surface area contributed by atoms with Crippen molar-refractivity contribution in [2.45, 2.75) is 19.6 Å². The lowest BCUT2D eigenvalue weighted by molar-refractivity contribution is -0.142. The fraction of sp³-hybridized carbons (Fsp3) is 0.194. The monoisotopic (exact) mass is 544 g/mol. The van der Waals surface area contributed by atoms with Gasteiger partial charge in [-0.1, -0.05) is 66.2 Å². The largest absolute Gasteiger partial charge is 0.485 e. The van der Waals surface area contributed by atoms with Crippen molar-refractivity contribution in [2.75, 3.05) is 20.3 Å². The fourth-order valence-electron chi connectivity index (χ4n) is 3.89. The van der Waals surface area contributed by atoms with Crippen molar-refractivity contribution >= 4 is 23.5 Å². The number of aromatic nitrogens is 1. The molecule has 0 radical (unpaired) electrons. The lowest BCUT2D eigenvalue weighted by Gasteiger charge is -2.24. The van der Waals surface area contributed by atoms with E-state index in [0.29, 0.717) is 41.7 Å². The highest BCUT2D eigenvalue weighted by Gasteiger charge is 2.20. The third-order valence-corrected chi connectivity index (χ3v) is 6.28. The Kier molecular flexibility index (Phi) is 9.92. The van der Waals surface area contributed by atoms with Gasteiger partial charge in [0, 0.05) is 31.4 Å². The Labute approximate surface area is 232 Å². The molecule has 0 unspecified atom stereocenters. The van der Waals surface area contributed by atoms with E-state index in [1.807, 2.05) is 54.6 Å². The highest BCUT2D eigenvalue weighted by Crippen LogP contribution is 2.30. The van der Waals surface area contributed by atoms with E-state index in [-0.39, 0.29) is 19.1 Å². The summed E-state index contributed by atoms with van der Waals surface area (Å²) in [4.78, 5) is 31.4. The Hall–Kier alpha value is -4.36. The minimum Gasteiger partial charge on any atom is -0.485 e. The van der Waals surface area contributed by atoms with Gasteiger partial charge in [-0.25, -0.2) is 4.79 Å². The van der Waals surface area contributed by atoms with Crippen LogP contribution in [0.1, 0.15) is 27.2 Å². The van der Waals surface area contributed by atoms with Crippen molar-refractivity contribution in [3.63, 3.8) is 0 Å². The zero-order valence-corrected chi connectivity index (χ0v) is 22.3. The summed E-state index contributed by atoms with van der Waals surface area (Å²) < 4.78 is 16.5. The highest BCUT2D eigenvalue weighted by molar-refractivity contribution is 6.33. The highest BCUT2D eigenvalue weighted by atomic mass is 35.5. The predicted octanol–water partition coefficient (Wildman–Crippen LogP) is 5.75. The van der Waals surface area contributed by atoms with Crippen molar-refractivity contribution in [3.8, 4) is 11.5 Å². The van der Waals surface area contributed by atoms with Crippen LogP contribution in [0.3, 0.4) is 0 Å². The number of pyridine rings is 1. The smallest absolute Gasteiger partial charge is 0.343 e. The van der Waals surface area contributed by atoms with Crippen LogP contribution >= 0.6 is 11.6 Å². The molecule has 0 saturated carbocycles. The average Bonchev–Trinajstić information content (AvgIpc) is 2.98. The van der Waals surface area contributed by atoms with Crippen LogP contribution in [0.2, 0.25) is 5.02 Å². The molecular weight excluding hydrogens is 516 g/mol. The molecule has 0 fully saturated rings. The van der Waals surface area contributed by atoms with Gasteiger partial charge in [0.2, 0.25) is 0 Å². The minimum atomic E-state index is -0.514. The molecule has 1 amide bonds. The van der Waals surface area contributed by atoms with Crippen LogP contribution in [-0.2, 0) is 29.1 Å². The van der Waals surface area contributed by atoms with Gasteiger partial charge in [-0.15, -0.1) is 0 Å². The summed E-state index contributed by atoms with van der Waals surface area (Å²) in [5.74, 6) is 0.144. The van der Waals surface area contributed by atoms with E-state index in [0.717, 1.165) is 16.8 Å². The Morgan fingerprint density at radius 3 is 2.36 bits per heavy atom. The number of esters is 1. The van der Waals surface area contributed by atoms with Gasteiger partial charge in [0.25, 0.3) is 5.91 Å². The molecule has 0 saturated heterocycles. The number of methoxy groups -OCH3 is 1. The summed E-state index contributed by atoms with van der Waals surface area (Å²) in [6.45, 7) is 0.760. The molecule has 1 heterocycles. The van der Waals surface area contributed by atoms with Crippen molar-refractivity contribution in [1.29, 1.82) is 0 Å². The lowest BCUT2D eigenvalue weighted by atomic mass is 10.1. The molecule has 0 bridgehead atoms. The maximum atomic E-state index is 13.6. The van der Waals surface area contributed by atoms with Gasteiger partial charge in [0.15, 0.2) is 18.1 Å². The third-order valence-electron chi connectivity index (χ3n) is 5.95. The first kappa shape index (κ1) is 27.7. The minimum absolute atomic E-state index is 0.196. The third kappa shape index (κ3) is 8.06. The summed E-state index contributed by atoms with van der Waals surface area (Å²) in [6.07, 6.45) is 2.30. The molecule has 7 nitrogen and oxygen atoms in total. The quantitative estimate of drug-likeness (QED) is 0.211. The molecule has 4 rings (SSSR count). The van der Waals surface area contributed by atoms with Gasteiger partial charge in [0.05, 0.1) is 17.7 Å². The van der Waals surface area contributed by atoms with E-state index < -0.39 is 5.97 Å². The number of carbonyl (C=O) groups is 2. The zero-order valence-electron chi connectivity index (χ0n) is 21.6.